The van der Waals surface area contributed by atoms with Crippen LogP contribution in [0.1, 0.15) is 0 Å². The predicted octanol–water partition coefficient (Wildman–Crippen LogP) is 3.30. The number of hydrogen-bond donors (Lipinski definition) is 0. The number of nitrogens with zero attached hydrogens (tertiary/aromatic N) is 1. The average Bonchev–Trinajstić information content (AvgIpc) is 1.22. The molecule has 0 aromatic carbocycles. The van der Waals surface area contributed by atoms with Crippen LogP contribution < -0.4 is 0 Å². The predicted molar refractivity (Wildman–Crippen MR) is 28.2 cm³/mol. The molecule has 56 valence electrons. The van der Waals surface area contributed by atoms with E-state index in [1.165, 1.54) is 0 Å². The monoisotopic (exact) mass is 185 g/mol. The van der Waals surface area contributed by atoms with Crippen LogP contribution in [0.3, 0.4) is 0 Å². The lowest BCUT2D eigenvalue weighted by atomic mass is 11.8. The molecule has 0 amide bonds. The fraction of sp³-hybridized carbons (Fsp3) is 0. The smallest absolute Gasteiger partial charge is 0.0788 e. The number of thiocarbonyl (C=S) groups is 1. The summed E-state index contributed by atoms with van der Waals surface area (Å²) < 4.78 is 55.5. The number of rotatable bonds is 1. The Hall–Kier alpha value is -0.200. The summed E-state index contributed by atoms with van der Waals surface area (Å²) in [6.45, 7) is 0. The minimum absolute atomic E-state index is 0.574. The van der Waals surface area contributed by atoms with Gasteiger partial charge in [0.1, 0.15) is 0 Å². The molecule has 0 aromatic heterocycles. The highest BCUT2D eigenvalue weighted by atomic mass is 32.5. The van der Waals surface area contributed by atoms with E-state index in [1.807, 2.05) is 0 Å². The van der Waals surface area contributed by atoms with E-state index >= 15 is 0 Å². The Morgan fingerprint density at radius 1 is 1.11 bits per heavy atom. The van der Waals surface area contributed by atoms with Gasteiger partial charge in [-0.05, 0) is 12.2 Å². The molecule has 0 unspecified atom stereocenters. The van der Waals surface area contributed by atoms with Crippen LogP contribution >= 0.6 is 22.6 Å². The van der Waals surface area contributed by atoms with Gasteiger partial charge in [0.15, 0.2) is 0 Å². The van der Waals surface area contributed by atoms with E-state index in [1.54, 1.807) is 0 Å². The molecule has 9 heavy (non-hydrogen) atoms. The third-order valence-corrected chi connectivity index (χ3v) is 0.853. The lowest BCUT2D eigenvalue weighted by molar-refractivity contribution is 0.368. The first-order valence-corrected chi connectivity index (χ1v) is 3.70. The Bertz CT molecular complexity index is 168. The molecule has 0 saturated heterocycles. The molecule has 0 aliphatic carbocycles. The van der Waals surface area contributed by atoms with E-state index in [9.17, 15) is 19.4 Å². The summed E-state index contributed by atoms with van der Waals surface area (Å²) in [5.41, 5.74) is 0. The first-order valence-electron chi connectivity index (χ1n) is 1.38. The molecule has 0 aliphatic heterocycles. The van der Waals surface area contributed by atoms with Gasteiger partial charge in [-0.3, -0.25) is 0 Å². The van der Waals surface area contributed by atoms with Crippen molar-refractivity contribution in [2.45, 2.75) is 0 Å². The summed E-state index contributed by atoms with van der Waals surface area (Å²) >= 11 is 3.36. The maximum atomic E-state index is 10.9. The minimum atomic E-state index is -9.62. The Morgan fingerprint density at radius 3 is 1.44 bits per heavy atom. The van der Waals surface area contributed by atoms with Gasteiger partial charge in [0.2, 0.25) is 0 Å². The zero-order chi connectivity index (χ0) is 7.82. The lowest BCUT2D eigenvalue weighted by Gasteiger charge is -2.32. The summed E-state index contributed by atoms with van der Waals surface area (Å²) in [5.74, 6) is 0. The summed E-state index contributed by atoms with van der Waals surface area (Å²) in [4.78, 5) is 0. The second-order valence-corrected chi connectivity index (χ2v) is 3.33. The fourth-order valence-corrected chi connectivity index (χ4v) is 0.634. The molecule has 8 heteroatoms. The van der Waals surface area contributed by atoms with Crippen molar-refractivity contribution < 1.29 is 19.4 Å². The molecular formula is CF5NS2. The van der Waals surface area contributed by atoms with Gasteiger partial charge < -0.3 is 0 Å². The molecule has 0 radical (unpaired) electrons. The molecule has 0 saturated carbocycles. The summed E-state index contributed by atoms with van der Waals surface area (Å²) in [5, 5.41) is 0.574. The molecule has 0 aliphatic rings. The number of hydrogen-bond acceptors (Lipinski definition) is 2. The maximum Gasteiger partial charge on any atom is 0.390 e. The fourth-order valence-electron chi connectivity index (χ4n) is 0.0704. The average molecular weight is 185 g/mol. The van der Waals surface area contributed by atoms with Crippen LogP contribution in [0.2, 0.25) is 0 Å². The minimum Gasteiger partial charge on any atom is -0.0788 e. The lowest BCUT2D eigenvalue weighted by Crippen LogP contribution is -1.98. The van der Waals surface area contributed by atoms with Crippen molar-refractivity contribution in [1.82, 2.24) is 0 Å². The van der Waals surface area contributed by atoms with Crippen LogP contribution in [0.4, 0.5) is 19.4 Å². The van der Waals surface area contributed by atoms with E-state index < -0.39 is 10.4 Å². The molecule has 1 nitrogen and oxygen atoms in total. The van der Waals surface area contributed by atoms with Crippen LogP contribution in [0.5, 0.6) is 0 Å². The van der Waals surface area contributed by atoms with Crippen molar-refractivity contribution >= 4 is 27.8 Å². The van der Waals surface area contributed by atoms with Gasteiger partial charge in [0, 0.05) is 0 Å². The topological polar surface area (TPSA) is 12.4 Å². The van der Waals surface area contributed by atoms with Crippen LogP contribution in [0.15, 0.2) is 4.40 Å². The number of isothiocyanates is 1. The molecule has 0 fully saturated rings. The SMILES string of the molecule is FS(F)(F)(F)(F)N=C=S. The van der Waals surface area contributed by atoms with Crippen molar-refractivity contribution in [3.8, 4) is 0 Å². The molecule has 0 heterocycles. The van der Waals surface area contributed by atoms with E-state index in [4.69, 9.17) is 0 Å². The Balaban J connectivity index is 4.99. The largest absolute Gasteiger partial charge is 0.390 e. The van der Waals surface area contributed by atoms with Gasteiger partial charge >= 0.3 is 10.4 Å². The quantitative estimate of drug-likeness (QED) is 0.347. The van der Waals surface area contributed by atoms with Gasteiger partial charge in [-0.1, -0.05) is 23.8 Å². The van der Waals surface area contributed by atoms with Gasteiger partial charge in [-0.15, -0.1) is 0 Å². The molecule has 0 atom stereocenters. The first-order chi connectivity index (χ1) is 3.54. The van der Waals surface area contributed by atoms with Gasteiger partial charge in [0.05, 0.1) is 5.16 Å². The highest BCUT2D eigenvalue weighted by molar-refractivity contribution is 8.44. The maximum absolute atomic E-state index is 10.9. The van der Waals surface area contributed by atoms with Gasteiger partial charge in [-0.2, -0.15) is 0 Å². The third-order valence-electron chi connectivity index (χ3n) is 0.210. The van der Waals surface area contributed by atoms with E-state index in [2.05, 4.69) is 12.2 Å². The van der Waals surface area contributed by atoms with Crippen LogP contribution in [0.25, 0.3) is 0 Å². The highest BCUT2D eigenvalue weighted by Gasteiger charge is 2.64. The number of halogens is 5. The second kappa shape index (κ2) is 1.28. The molecule has 0 rings (SSSR count). The van der Waals surface area contributed by atoms with E-state index in [0.717, 1.165) is 4.40 Å². The zero-order valence-corrected chi connectivity index (χ0v) is 5.29. The van der Waals surface area contributed by atoms with Crippen molar-refractivity contribution in [1.29, 1.82) is 0 Å². The van der Waals surface area contributed by atoms with Crippen molar-refractivity contribution in [2.24, 2.45) is 4.40 Å². The molecule has 0 aromatic rings. The summed E-state index contributed by atoms with van der Waals surface area (Å²) in [7, 11) is -9.62. The van der Waals surface area contributed by atoms with Crippen molar-refractivity contribution in [2.75, 3.05) is 0 Å². The zero-order valence-electron chi connectivity index (χ0n) is 3.65. The van der Waals surface area contributed by atoms with Crippen molar-refractivity contribution in [3.05, 3.63) is 0 Å². The summed E-state index contributed by atoms with van der Waals surface area (Å²) in [6.07, 6.45) is 0. The molecular weight excluding hydrogens is 185 g/mol. The Morgan fingerprint density at radius 2 is 1.44 bits per heavy atom. The first kappa shape index (κ1) is 8.80. The van der Waals surface area contributed by atoms with E-state index in [0.29, 0.717) is 5.16 Å². The molecule has 0 bridgehead atoms. The van der Waals surface area contributed by atoms with E-state index in [-0.39, 0.29) is 0 Å². The Kier molecular flexibility index (Phi) is 1.25. The van der Waals surface area contributed by atoms with Crippen molar-refractivity contribution in [3.63, 3.8) is 0 Å². The highest BCUT2D eigenvalue weighted by Crippen LogP contribution is 2.98. The molecule has 0 N–H and O–H groups in total. The second-order valence-electron chi connectivity index (χ2n) is 1.11. The Labute approximate surface area is 52.4 Å². The van der Waals surface area contributed by atoms with Crippen LogP contribution in [0, 0.1) is 0 Å². The van der Waals surface area contributed by atoms with Crippen LogP contribution in [-0.4, -0.2) is 5.16 Å². The van der Waals surface area contributed by atoms with Gasteiger partial charge in [-0.25, -0.2) is 0 Å². The third kappa shape index (κ3) is 7.80. The molecule has 0 spiro atoms. The summed E-state index contributed by atoms with van der Waals surface area (Å²) in [6, 6.07) is 0. The van der Waals surface area contributed by atoms with Gasteiger partial charge in [0.25, 0.3) is 0 Å². The standard InChI is InChI=1S/CF5NS2/c2-9(3,4,5,6)7-1-8. The van der Waals surface area contributed by atoms with Crippen LogP contribution in [-0.2, 0) is 0 Å². The normalized spacial score (nSPS) is 19.2.